The van der Waals surface area contributed by atoms with Crippen LogP contribution in [0.15, 0.2) is 24.3 Å². The Morgan fingerprint density at radius 2 is 2.00 bits per heavy atom. The molecule has 2 saturated carbocycles. The maximum absolute atomic E-state index is 9.62. The van der Waals surface area contributed by atoms with E-state index in [1.807, 2.05) is 0 Å². The Morgan fingerprint density at radius 1 is 1.29 bits per heavy atom. The standard InChI is InChI=1S/C20H31N/c1-3-4-9-18-15-19(18)14-17(2)10-13-20(16-21)11-7-5-6-8-12-20/h4,9,18-19H,2-3,5-8,10-15H2,1H3. The molecule has 0 aromatic heterocycles. The van der Waals surface area contributed by atoms with Gasteiger partial charge in [0.2, 0.25) is 0 Å². The van der Waals surface area contributed by atoms with Crippen LogP contribution in [0.3, 0.4) is 0 Å². The third-order valence-corrected chi connectivity index (χ3v) is 5.40. The zero-order valence-electron chi connectivity index (χ0n) is 13.7. The Balaban J connectivity index is 1.73. The Labute approximate surface area is 131 Å². The summed E-state index contributed by atoms with van der Waals surface area (Å²) in [5.74, 6) is 1.65. The number of nitriles is 1. The van der Waals surface area contributed by atoms with Crippen LogP contribution in [-0.4, -0.2) is 0 Å². The average molecular weight is 285 g/mol. The van der Waals surface area contributed by atoms with E-state index in [-0.39, 0.29) is 5.41 Å². The van der Waals surface area contributed by atoms with Crippen molar-refractivity contribution < 1.29 is 0 Å². The first kappa shape index (κ1) is 16.3. The summed E-state index contributed by atoms with van der Waals surface area (Å²) in [6, 6.07) is 2.67. The number of hydrogen-bond acceptors (Lipinski definition) is 1. The minimum absolute atomic E-state index is 0.0372. The van der Waals surface area contributed by atoms with Crippen LogP contribution in [0.1, 0.15) is 77.6 Å². The van der Waals surface area contributed by atoms with E-state index < -0.39 is 0 Å². The quantitative estimate of drug-likeness (QED) is 0.405. The first-order chi connectivity index (χ1) is 10.2. The van der Waals surface area contributed by atoms with Gasteiger partial charge in [-0.3, -0.25) is 0 Å². The molecule has 2 atom stereocenters. The lowest BCUT2D eigenvalue weighted by molar-refractivity contribution is 0.314. The van der Waals surface area contributed by atoms with Crippen LogP contribution in [0.25, 0.3) is 0 Å². The molecule has 0 N–H and O–H groups in total. The van der Waals surface area contributed by atoms with Gasteiger partial charge < -0.3 is 0 Å². The van der Waals surface area contributed by atoms with Crippen LogP contribution in [0.4, 0.5) is 0 Å². The Kier molecular flexibility index (Phi) is 6.09. The smallest absolute Gasteiger partial charge is 0.0689 e. The topological polar surface area (TPSA) is 23.8 Å². The van der Waals surface area contributed by atoms with Crippen molar-refractivity contribution in [1.29, 1.82) is 5.26 Å². The van der Waals surface area contributed by atoms with Crippen LogP contribution in [0.2, 0.25) is 0 Å². The molecule has 2 aliphatic rings. The fourth-order valence-corrected chi connectivity index (χ4v) is 3.76. The summed E-state index contributed by atoms with van der Waals surface area (Å²) < 4.78 is 0. The number of nitrogens with zero attached hydrogens (tertiary/aromatic N) is 1. The second kappa shape index (κ2) is 7.83. The highest BCUT2D eigenvalue weighted by Crippen LogP contribution is 2.45. The molecule has 0 aliphatic heterocycles. The number of rotatable bonds is 7. The lowest BCUT2D eigenvalue weighted by atomic mass is 9.77. The summed E-state index contributed by atoms with van der Waals surface area (Å²) in [6.45, 7) is 6.48. The summed E-state index contributed by atoms with van der Waals surface area (Å²) in [4.78, 5) is 0. The molecular formula is C20H31N. The molecule has 2 fully saturated rings. The van der Waals surface area contributed by atoms with Crippen molar-refractivity contribution in [3.8, 4) is 6.07 Å². The molecule has 0 radical (unpaired) electrons. The molecule has 0 aromatic rings. The SMILES string of the molecule is C=C(CCC1(C#N)CCCCCC1)CC1CC1C=CCC. The number of allylic oxidation sites excluding steroid dienone is 3. The lowest BCUT2D eigenvalue weighted by Gasteiger charge is -2.25. The molecule has 116 valence electrons. The van der Waals surface area contributed by atoms with Crippen molar-refractivity contribution >= 4 is 0 Å². The summed E-state index contributed by atoms with van der Waals surface area (Å²) in [7, 11) is 0. The van der Waals surface area contributed by atoms with Crippen molar-refractivity contribution in [3.05, 3.63) is 24.3 Å². The van der Waals surface area contributed by atoms with Crippen molar-refractivity contribution in [2.45, 2.75) is 77.6 Å². The third-order valence-electron chi connectivity index (χ3n) is 5.40. The van der Waals surface area contributed by atoms with Gasteiger partial charge in [0.1, 0.15) is 0 Å². The van der Waals surface area contributed by atoms with Gasteiger partial charge in [0.15, 0.2) is 0 Å². The van der Waals surface area contributed by atoms with Crippen molar-refractivity contribution in [2.24, 2.45) is 17.3 Å². The predicted octanol–water partition coefficient (Wildman–Crippen LogP) is 6.18. The van der Waals surface area contributed by atoms with Crippen molar-refractivity contribution in [3.63, 3.8) is 0 Å². The van der Waals surface area contributed by atoms with Crippen LogP contribution < -0.4 is 0 Å². The molecule has 0 saturated heterocycles. The largest absolute Gasteiger partial charge is 0.198 e. The third kappa shape index (κ3) is 5.03. The summed E-state index contributed by atoms with van der Waals surface area (Å²) >= 11 is 0. The molecule has 2 unspecified atom stereocenters. The maximum Gasteiger partial charge on any atom is 0.0689 e. The summed E-state index contributed by atoms with van der Waals surface area (Å²) in [6.07, 6.45) is 17.8. The molecule has 1 heteroatoms. The van der Waals surface area contributed by atoms with Gasteiger partial charge in [-0.1, -0.05) is 56.9 Å². The van der Waals surface area contributed by atoms with Crippen molar-refractivity contribution in [2.75, 3.05) is 0 Å². The van der Waals surface area contributed by atoms with Crippen LogP contribution >= 0.6 is 0 Å². The fraction of sp³-hybridized carbons (Fsp3) is 0.750. The van der Waals surface area contributed by atoms with Gasteiger partial charge in [0, 0.05) is 0 Å². The maximum atomic E-state index is 9.62. The highest BCUT2D eigenvalue weighted by Gasteiger charge is 2.35. The van der Waals surface area contributed by atoms with Gasteiger partial charge in [-0.25, -0.2) is 0 Å². The highest BCUT2D eigenvalue weighted by atomic mass is 14.4. The zero-order valence-corrected chi connectivity index (χ0v) is 13.7. The fourth-order valence-electron chi connectivity index (χ4n) is 3.76. The zero-order chi connectivity index (χ0) is 15.1. The minimum Gasteiger partial charge on any atom is -0.198 e. The van der Waals surface area contributed by atoms with E-state index in [1.54, 1.807) is 0 Å². The minimum atomic E-state index is -0.0372. The van der Waals surface area contributed by atoms with Gasteiger partial charge in [0.05, 0.1) is 11.5 Å². The second-order valence-electron chi connectivity index (χ2n) is 7.26. The molecule has 0 amide bonds. The molecule has 21 heavy (non-hydrogen) atoms. The Morgan fingerprint density at radius 3 is 2.62 bits per heavy atom. The first-order valence-corrected chi connectivity index (χ1v) is 8.94. The lowest BCUT2D eigenvalue weighted by Crippen LogP contribution is -2.17. The summed E-state index contributed by atoms with van der Waals surface area (Å²) in [5.41, 5.74) is 1.34. The second-order valence-corrected chi connectivity index (χ2v) is 7.26. The number of hydrogen-bond donors (Lipinski definition) is 0. The van der Waals surface area contributed by atoms with Crippen LogP contribution in [0, 0.1) is 28.6 Å². The monoisotopic (exact) mass is 285 g/mol. The molecular weight excluding hydrogens is 254 g/mol. The van der Waals surface area contributed by atoms with Crippen LogP contribution in [0.5, 0.6) is 0 Å². The van der Waals surface area contributed by atoms with Gasteiger partial charge in [-0.2, -0.15) is 5.26 Å². The average Bonchev–Trinajstić information content (AvgIpc) is 3.26. The van der Waals surface area contributed by atoms with E-state index in [1.165, 1.54) is 44.1 Å². The normalized spacial score (nSPS) is 28.0. The molecule has 1 nitrogen and oxygen atoms in total. The van der Waals surface area contributed by atoms with E-state index >= 15 is 0 Å². The first-order valence-electron chi connectivity index (χ1n) is 8.94. The van der Waals surface area contributed by atoms with Gasteiger partial charge >= 0.3 is 0 Å². The van der Waals surface area contributed by atoms with E-state index in [2.05, 4.69) is 31.7 Å². The Bertz CT molecular complexity index is 404. The molecule has 2 rings (SSSR count). The van der Waals surface area contributed by atoms with Crippen molar-refractivity contribution in [1.82, 2.24) is 0 Å². The van der Waals surface area contributed by atoms with E-state index in [9.17, 15) is 5.26 Å². The summed E-state index contributed by atoms with van der Waals surface area (Å²) in [5, 5.41) is 9.62. The molecule has 0 spiro atoms. The molecule has 2 aliphatic carbocycles. The van der Waals surface area contributed by atoms with Gasteiger partial charge in [0.25, 0.3) is 0 Å². The molecule has 0 bridgehead atoms. The van der Waals surface area contributed by atoms with E-state index in [4.69, 9.17) is 0 Å². The van der Waals surface area contributed by atoms with Crippen LogP contribution in [-0.2, 0) is 0 Å². The highest BCUT2D eigenvalue weighted by molar-refractivity contribution is 5.10. The Hall–Kier alpha value is -1.03. The van der Waals surface area contributed by atoms with Gasteiger partial charge in [-0.15, -0.1) is 0 Å². The predicted molar refractivity (Wildman–Crippen MR) is 89.8 cm³/mol. The van der Waals surface area contributed by atoms with E-state index in [0.717, 1.165) is 43.9 Å². The van der Waals surface area contributed by atoms with Gasteiger partial charge in [-0.05, 0) is 56.8 Å². The molecule has 0 heterocycles. The van der Waals surface area contributed by atoms with E-state index in [0.29, 0.717) is 0 Å². The molecule has 0 aromatic carbocycles.